The Labute approximate surface area is 226 Å². The third-order valence-electron chi connectivity index (χ3n) is 5.78. The van der Waals surface area contributed by atoms with Crippen LogP contribution in [0.5, 0.6) is 11.5 Å². The molecule has 0 spiro atoms. The van der Waals surface area contributed by atoms with Crippen molar-refractivity contribution in [3.63, 3.8) is 0 Å². The summed E-state index contributed by atoms with van der Waals surface area (Å²) in [6.07, 6.45) is 0.189. The van der Waals surface area contributed by atoms with E-state index in [1.165, 1.54) is 36.3 Å². The standard InChI is InChI=1S/C29H32FN3O6/c1-29(2,3)31-28(35)25(16-20-10-6-5-7-11-20)32(18-21-12-8-9-13-23(21)30)27(34)19-39-22-14-15-24(33(36)37)26(17-22)38-4/h5-15,17,25H,16,18-19H2,1-4H3,(H,31,35)/t25-/m1/s1. The van der Waals surface area contributed by atoms with E-state index in [0.717, 1.165) is 5.56 Å². The highest BCUT2D eigenvalue weighted by Crippen LogP contribution is 2.31. The summed E-state index contributed by atoms with van der Waals surface area (Å²) in [6.45, 7) is 4.83. The largest absolute Gasteiger partial charge is 0.490 e. The summed E-state index contributed by atoms with van der Waals surface area (Å²) in [7, 11) is 1.29. The smallest absolute Gasteiger partial charge is 0.311 e. The summed E-state index contributed by atoms with van der Waals surface area (Å²) in [5.41, 5.74) is 0.229. The number of rotatable bonds is 11. The molecule has 0 heterocycles. The number of amides is 2. The van der Waals surface area contributed by atoms with Gasteiger partial charge in [-0.2, -0.15) is 0 Å². The van der Waals surface area contributed by atoms with Gasteiger partial charge < -0.3 is 19.7 Å². The van der Waals surface area contributed by atoms with Crippen LogP contribution >= 0.6 is 0 Å². The van der Waals surface area contributed by atoms with Crippen LogP contribution < -0.4 is 14.8 Å². The Morgan fingerprint density at radius 1 is 1.05 bits per heavy atom. The molecule has 0 saturated carbocycles. The number of hydrogen-bond acceptors (Lipinski definition) is 6. The van der Waals surface area contributed by atoms with Crippen molar-refractivity contribution < 1.29 is 28.4 Å². The number of benzene rings is 3. The van der Waals surface area contributed by atoms with Crippen molar-refractivity contribution in [1.29, 1.82) is 0 Å². The maximum absolute atomic E-state index is 14.7. The average molecular weight is 538 g/mol. The Kier molecular flexibility index (Phi) is 9.59. The monoisotopic (exact) mass is 537 g/mol. The molecule has 0 saturated heterocycles. The third-order valence-corrected chi connectivity index (χ3v) is 5.78. The van der Waals surface area contributed by atoms with Gasteiger partial charge in [-0.15, -0.1) is 0 Å². The molecular formula is C29H32FN3O6. The molecule has 1 N–H and O–H groups in total. The minimum Gasteiger partial charge on any atom is -0.490 e. The summed E-state index contributed by atoms with van der Waals surface area (Å²) in [5, 5.41) is 14.1. The number of ether oxygens (including phenoxy) is 2. The molecule has 0 aliphatic rings. The van der Waals surface area contributed by atoms with E-state index in [1.54, 1.807) is 18.2 Å². The Morgan fingerprint density at radius 2 is 1.72 bits per heavy atom. The van der Waals surface area contributed by atoms with Gasteiger partial charge in [0.15, 0.2) is 6.61 Å². The molecule has 206 valence electrons. The lowest BCUT2D eigenvalue weighted by atomic mass is 10.0. The molecule has 1 atom stereocenters. The van der Waals surface area contributed by atoms with Gasteiger partial charge in [0.2, 0.25) is 11.7 Å². The first-order valence-corrected chi connectivity index (χ1v) is 12.3. The molecule has 39 heavy (non-hydrogen) atoms. The van der Waals surface area contributed by atoms with Gasteiger partial charge in [0.25, 0.3) is 5.91 Å². The topological polar surface area (TPSA) is 111 Å². The molecule has 9 nitrogen and oxygen atoms in total. The van der Waals surface area contributed by atoms with Gasteiger partial charge in [-0.1, -0.05) is 48.5 Å². The SMILES string of the molecule is COc1cc(OCC(=O)N(Cc2ccccc2F)[C@H](Cc2ccccc2)C(=O)NC(C)(C)C)ccc1[N+](=O)[O-]. The second-order valence-corrected chi connectivity index (χ2v) is 9.94. The second kappa shape index (κ2) is 12.9. The zero-order valence-electron chi connectivity index (χ0n) is 22.3. The molecule has 0 radical (unpaired) electrons. The van der Waals surface area contributed by atoms with Crippen LogP contribution in [0.2, 0.25) is 0 Å². The van der Waals surface area contributed by atoms with Gasteiger partial charge in [0.1, 0.15) is 17.6 Å². The molecule has 0 unspecified atom stereocenters. The molecule has 0 aliphatic carbocycles. The number of nitrogens with one attached hydrogen (secondary N) is 1. The van der Waals surface area contributed by atoms with Crippen LogP contribution in [0, 0.1) is 15.9 Å². The van der Waals surface area contributed by atoms with Gasteiger partial charge >= 0.3 is 5.69 Å². The summed E-state index contributed by atoms with van der Waals surface area (Å²) in [5.74, 6) is -1.34. The van der Waals surface area contributed by atoms with Crippen molar-refractivity contribution in [3.05, 3.63) is 99.9 Å². The van der Waals surface area contributed by atoms with Gasteiger partial charge in [-0.05, 0) is 38.5 Å². The predicted octanol–water partition coefficient (Wildman–Crippen LogP) is 4.68. The molecule has 2 amide bonds. The lowest BCUT2D eigenvalue weighted by Crippen LogP contribution is -2.55. The lowest BCUT2D eigenvalue weighted by molar-refractivity contribution is -0.385. The van der Waals surface area contributed by atoms with Crippen LogP contribution in [0.4, 0.5) is 10.1 Å². The van der Waals surface area contributed by atoms with E-state index in [-0.39, 0.29) is 35.7 Å². The highest BCUT2D eigenvalue weighted by atomic mass is 19.1. The molecule has 3 aromatic rings. The quantitative estimate of drug-likeness (QED) is 0.281. The molecule has 10 heteroatoms. The predicted molar refractivity (Wildman–Crippen MR) is 144 cm³/mol. The molecule has 3 rings (SSSR count). The van der Waals surface area contributed by atoms with Crippen molar-refractivity contribution in [3.8, 4) is 11.5 Å². The maximum Gasteiger partial charge on any atom is 0.311 e. The van der Waals surface area contributed by atoms with Crippen molar-refractivity contribution in [1.82, 2.24) is 10.2 Å². The zero-order valence-corrected chi connectivity index (χ0v) is 22.3. The van der Waals surface area contributed by atoms with Crippen molar-refractivity contribution in [2.24, 2.45) is 0 Å². The number of carbonyl (C=O) groups excluding carboxylic acids is 2. The van der Waals surface area contributed by atoms with Crippen LogP contribution in [-0.4, -0.2) is 46.9 Å². The molecule has 3 aromatic carbocycles. The van der Waals surface area contributed by atoms with Crippen LogP contribution in [0.1, 0.15) is 31.9 Å². The second-order valence-electron chi connectivity index (χ2n) is 9.94. The van der Waals surface area contributed by atoms with E-state index in [4.69, 9.17) is 9.47 Å². The minimum absolute atomic E-state index is 0.0281. The first-order chi connectivity index (χ1) is 18.5. The molecule has 0 aliphatic heterocycles. The van der Waals surface area contributed by atoms with E-state index in [1.807, 2.05) is 51.1 Å². The Bertz CT molecular complexity index is 1310. The first kappa shape index (κ1) is 29.1. The van der Waals surface area contributed by atoms with Gasteiger partial charge in [0, 0.05) is 36.2 Å². The number of halogens is 1. The fourth-order valence-electron chi connectivity index (χ4n) is 3.94. The number of nitro groups is 1. The van der Waals surface area contributed by atoms with E-state index in [9.17, 15) is 24.1 Å². The van der Waals surface area contributed by atoms with E-state index in [2.05, 4.69) is 5.32 Å². The van der Waals surface area contributed by atoms with Gasteiger partial charge in [0.05, 0.1) is 12.0 Å². The first-order valence-electron chi connectivity index (χ1n) is 12.3. The minimum atomic E-state index is -0.978. The highest BCUT2D eigenvalue weighted by Gasteiger charge is 2.33. The summed E-state index contributed by atoms with van der Waals surface area (Å²) >= 11 is 0. The summed E-state index contributed by atoms with van der Waals surface area (Å²) in [6, 6.07) is 18.2. The molecule has 0 fully saturated rings. The van der Waals surface area contributed by atoms with Crippen molar-refractivity contribution in [2.45, 2.75) is 45.3 Å². The normalized spacial score (nSPS) is 11.8. The average Bonchev–Trinajstić information content (AvgIpc) is 2.89. The van der Waals surface area contributed by atoms with Crippen LogP contribution in [0.25, 0.3) is 0 Å². The number of nitro benzene ring substituents is 1. The Hall–Kier alpha value is -4.47. The zero-order chi connectivity index (χ0) is 28.6. The highest BCUT2D eigenvalue weighted by molar-refractivity contribution is 5.89. The van der Waals surface area contributed by atoms with Crippen molar-refractivity contribution >= 4 is 17.5 Å². The summed E-state index contributed by atoms with van der Waals surface area (Å²) in [4.78, 5) is 39.0. The lowest BCUT2D eigenvalue weighted by Gasteiger charge is -2.33. The number of methoxy groups -OCH3 is 1. The number of carbonyl (C=O) groups is 2. The molecule has 0 aromatic heterocycles. The molecular weight excluding hydrogens is 505 g/mol. The number of nitrogens with zero attached hydrogens (tertiary/aromatic N) is 2. The number of hydrogen-bond donors (Lipinski definition) is 1. The van der Waals surface area contributed by atoms with E-state index < -0.39 is 40.7 Å². The Morgan fingerprint density at radius 3 is 2.33 bits per heavy atom. The maximum atomic E-state index is 14.7. The van der Waals surface area contributed by atoms with Crippen LogP contribution in [0.3, 0.4) is 0 Å². The third kappa shape index (κ3) is 8.26. The Balaban J connectivity index is 1.94. The van der Waals surface area contributed by atoms with Gasteiger partial charge in [-0.3, -0.25) is 19.7 Å². The molecule has 0 bridgehead atoms. The van der Waals surface area contributed by atoms with E-state index in [0.29, 0.717) is 0 Å². The van der Waals surface area contributed by atoms with Crippen LogP contribution in [-0.2, 0) is 22.6 Å². The van der Waals surface area contributed by atoms with E-state index >= 15 is 0 Å². The fraction of sp³-hybridized carbons (Fsp3) is 0.310. The van der Waals surface area contributed by atoms with Crippen LogP contribution in [0.15, 0.2) is 72.8 Å². The van der Waals surface area contributed by atoms with Crippen molar-refractivity contribution in [2.75, 3.05) is 13.7 Å². The fourth-order valence-corrected chi connectivity index (χ4v) is 3.94. The summed E-state index contributed by atoms with van der Waals surface area (Å²) < 4.78 is 25.4. The van der Waals surface area contributed by atoms with Gasteiger partial charge in [-0.25, -0.2) is 4.39 Å².